The minimum absolute atomic E-state index is 0.144. The van der Waals surface area contributed by atoms with E-state index in [0.717, 1.165) is 20.5 Å². The predicted octanol–water partition coefficient (Wildman–Crippen LogP) is 4.84. The van der Waals surface area contributed by atoms with Crippen LogP contribution in [-0.4, -0.2) is 22.6 Å². The first-order valence-corrected chi connectivity index (χ1v) is 10.8. The highest BCUT2D eigenvalue weighted by Gasteiger charge is 2.18. The number of amides is 1. The van der Waals surface area contributed by atoms with Crippen molar-refractivity contribution in [3.63, 3.8) is 0 Å². The minimum atomic E-state index is -0.333. The standard InChI is InChI=1S/C22H18BrN3O3S/c1-13-19(14-7-9-15(23)10-8-14)20-21(30-13)24-12-26(22(20)28)11-18(27)25-16-5-3-4-6-17(16)29-2/h3-10,12H,11H2,1-2H3,(H,25,27). The number of hydrogen-bond acceptors (Lipinski definition) is 5. The molecular formula is C22H18BrN3O3S. The van der Waals surface area contributed by atoms with E-state index < -0.39 is 0 Å². The molecule has 2 aromatic heterocycles. The second-order valence-electron chi connectivity index (χ2n) is 6.65. The lowest BCUT2D eigenvalue weighted by atomic mass is 10.0. The average Bonchev–Trinajstić information content (AvgIpc) is 3.08. The van der Waals surface area contributed by atoms with Gasteiger partial charge in [-0.2, -0.15) is 0 Å². The van der Waals surface area contributed by atoms with Crippen molar-refractivity contribution in [1.29, 1.82) is 0 Å². The summed E-state index contributed by atoms with van der Waals surface area (Å²) in [7, 11) is 1.54. The summed E-state index contributed by atoms with van der Waals surface area (Å²) in [6, 6.07) is 14.9. The van der Waals surface area contributed by atoms with E-state index in [0.29, 0.717) is 21.7 Å². The number of para-hydroxylation sites is 2. The van der Waals surface area contributed by atoms with Crippen LogP contribution in [0.2, 0.25) is 0 Å². The van der Waals surface area contributed by atoms with Crippen LogP contribution in [-0.2, 0) is 11.3 Å². The molecule has 8 heteroatoms. The van der Waals surface area contributed by atoms with Gasteiger partial charge in [-0.15, -0.1) is 11.3 Å². The van der Waals surface area contributed by atoms with Gasteiger partial charge < -0.3 is 10.1 Å². The quantitative estimate of drug-likeness (QED) is 0.440. The van der Waals surface area contributed by atoms with Crippen LogP contribution in [0, 0.1) is 6.92 Å². The molecule has 0 atom stereocenters. The Balaban J connectivity index is 1.70. The number of thiophene rings is 1. The number of ether oxygens (including phenoxy) is 1. The molecule has 0 spiro atoms. The van der Waals surface area contributed by atoms with Gasteiger partial charge in [-0.05, 0) is 36.8 Å². The average molecular weight is 484 g/mol. The summed E-state index contributed by atoms with van der Waals surface area (Å²) < 4.78 is 7.56. The van der Waals surface area contributed by atoms with Crippen molar-refractivity contribution in [3.05, 3.63) is 74.6 Å². The third-order valence-corrected chi connectivity index (χ3v) is 6.22. The van der Waals surface area contributed by atoms with E-state index >= 15 is 0 Å². The van der Waals surface area contributed by atoms with Crippen molar-refractivity contribution in [1.82, 2.24) is 9.55 Å². The smallest absolute Gasteiger partial charge is 0.263 e. The van der Waals surface area contributed by atoms with Crippen LogP contribution in [0.15, 0.2) is 64.1 Å². The number of benzene rings is 2. The van der Waals surface area contributed by atoms with Gasteiger partial charge in [0.15, 0.2) is 0 Å². The van der Waals surface area contributed by atoms with Gasteiger partial charge in [-0.25, -0.2) is 4.98 Å². The van der Waals surface area contributed by atoms with Crippen LogP contribution in [0.3, 0.4) is 0 Å². The summed E-state index contributed by atoms with van der Waals surface area (Å²) in [6.07, 6.45) is 1.42. The monoisotopic (exact) mass is 483 g/mol. The van der Waals surface area contributed by atoms with Crippen LogP contribution in [0.1, 0.15) is 4.88 Å². The van der Waals surface area contributed by atoms with Crippen LogP contribution in [0.4, 0.5) is 5.69 Å². The maximum absolute atomic E-state index is 13.2. The number of nitrogens with one attached hydrogen (secondary N) is 1. The van der Waals surface area contributed by atoms with E-state index in [-0.39, 0.29) is 18.0 Å². The summed E-state index contributed by atoms with van der Waals surface area (Å²) in [4.78, 5) is 31.9. The summed E-state index contributed by atoms with van der Waals surface area (Å²) in [5.74, 6) is 0.220. The Morgan fingerprint density at radius 1 is 1.20 bits per heavy atom. The van der Waals surface area contributed by atoms with Gasteiger partial charge in [0.25, 0.3) is 5.56 Å². The number of halogens is 1. The molecule has 1 amide bonds. The second-order valence-corrected chi connectivity index (χ2v) is 8.77. The number of nitrogens with zero attached hydrogens (tertiary/aromatic N) is 2. The number of carbonyl (C=O) groups excluding carboxylic acids is 1. The molecule has 4 aromatic rings. The van der Waals surface area contributed by atoms with Gasteiger partial charge >= 0.3 is 0 Å². The SMILES string of the molecule is COc1ccccc1NC(=O)Cn1cnc2sc(C)c(-c3ccc(Br)cc3)c2c1=O. The van der Waals surface area contributed by atoms with Crippen LogP contribution >= 0.6 is 27.3 Å². The lowest BCUT2D eigenvalue weighted by molar-refractivity contribution is -0.116. The zero-order chi connectivity index (χ0) is 21.3. The zero-order valence-corrected chi connectivity index (χ0v) is 18.7. The molecule has 2 heterocycles. The third kappa shape index (κ3) is 3.88. The van der Waals surface area contributed by atoms with Gasteiger partial charge in [0.2, 0.25) is 5.91 Å². The second kappa shape index (κ2) is 8.41. The third-order valence-electron chi connectivity index (χ3n) is 4.68. The first-order valence-electron chi connectivity index (χ1n) is 9.15. The Bertz CT molecular complexity index is 1300. The lowest BCUT2D eigenvalue weighted by Gasteiger charge is -2.11. The normalized spacial score (nSPS) is 10.9. The molecule has 6 nitrogen and oxygen atoms in total. The number of hydrogen-bond donors (Lipinski definition) is 1. The number of methoxy groups -OCH3 is 1. The molecule has 2 aromatic carbocycles. The van der Waals surface area contributed by atoms with Gasteiger partial charge in [-0.3, -0.25) is 14.2 Å². The Kier molecular flexibility index (Phi) is 5.69. The molecule has 0 unspecified atom stereocenters. The largest absolute Gasteiger partial charge is 0.495 e. The molecule has 0 aliphatic carbocycles. The molecule has 0 aliphatic rings. The Labute approximate surface area is 185 Å². The molecule has 0 aliphatic heterocycles. The zero-order valence-electron chi connectivity index (χ0n) is 16.3. The maximum Gasteiger partial charge on any atom is 0.263 e. The van der Waals surface area contributed by atoms with Gasteiger partial charge in [-0.1, -0.05) is 40.2 Å². The van der Waals surface area contributed by atoms with E-state index in [9.17, 15) is 9.59 Å². The number of carbonyl (C=O) groups is 1. The van der Waals surface area contributed by atoms with E-state index in [1.165, 1.54) is 29.3 Å². The van der Waals surface area contributed by atoms with Gasteiger partial charge in [0.05, 0.1) is 24.5 Å². The summed E-state index contributed by atoms with van der Waals surface area (Å²) >= 11 is 4.91. The predicted molar refractivity (Wildman–Crippen MR) is 123 cm³/mol. The molecule has 0 fully saturated rings. The minimum Gasteiger partial charge on any atom is -0.495 e. The van der Waals surface area contributed by atoms with Crippen molar-refractivity contribution in [2.24, 2.45) is 0 Å². The van der Waals surface area contributed by atoms with E-state index in [1.54, 1.807) is 18.2 Å². The topological polar surface area (TPSA) is 73.2 Å². The van der Waals surface area contributed by atoms with Crippen LogP contribution in [0.5, 0.6) is 5.75 Å². The Morgan fingerprint density at radius 3 is 2.67 bits per heavy atom. The fourth-order valence-corrected chi connectivity index (χ4v) is 4.57. The fourth-order valence-electron chi connectivity index (χ4n) is 3.31. The molecular weight excluding hydrogens is 466 g/mol. The maximum atomic E-state index is 13.2. The Morgan fingerprint density at radius 2 is 1.93 bits per heavy atom. The number of rotatable bonds is 5. The van der Waals surface area contributed by atoms with Crippen LogP contribution < -0.4 is 15.6 Å². The molecule has 0 saturated heterocycles. The van der Waals surface area contributed by atoms with Crippen molar-refractivity contribution < 1.29 is 9.53 Å². The number of fused-ring (bicyclic) bond motifs is 1. The van der Waals surface area contributed by atoms with E-state index in [1.807, 2.05) is 37.3 Å². The van der Waals surface area contributed by atoms with Crippen LogP contribution in [0.25, 0.3) is 21.3 Å². The van der Waals surface area contributed by atoms with Crippen molar-refractivity contribution >= 4 is 49.1 Å². The van der Waals surface area contributed by atoms with Crippen molar-refractivity contribution in [3.8, 4) is 16.9 Å². The number of anilines is 1. The molecule has 0 saturated carbocycles. The highest BCUT2D eigenvalue weighted by Crippen LogP contribution is 2.35. The first kappa shape index (κ1) is 20.3. The molecule has 0 radical (unpaired) electrons. The Hall–Kier alpha value is -2.97. The highest BCUT2D eigenvalue weighted by atomic mass is 79.9. The molecule has 1 N–H and O–H groups in total. The summed E-state index contributed by atoms with van der Waals surface area (Å²) in [5, 5.41) is 3.32. The summed E-state index contributed by atoms with van der Waals surface area (Å²) in [5.41, 5.74) is 2.11. The lowest BCUT2D eigenvalue weighted by Crippen LogP contribution is -2.28. The van der Waals surface area contributed by atoms with E-state index in [2.05, 4.69) is 26.2 Å². The first-order chi connectivity index (χ1) is 14.5. The van der Waals surface area contributed by atoms with Crippen molar-refractivity contribution in [2.75, 3.05) is 12.4 Å². The molecule has 152 valence electrons. The number of aryl methyl sites for hydroxylation is 1. The highest BCUT2D eigenvalue weighted by molar-refractivity contribution is 9.10. The molecule has 4 rings (SSSR count). The molecule has 0 bridgehead atoms. The van der Waals surface area contributed by atoms with Gasteiger partial charge in [0.1, 0.15) is 17.1 Å². The summed E-state index contributed by atoms with van der Waals surface area (Å²) in [6.45, 7) is 1.83. The van der Waals surface area contributed by atoms with E-state index in [4.69, 9.17) is 4.74 Å². The molecule has 30 heavy (non-hydrogen) atoms. The van der Waals surface area contributed by atoms with Crippen molar-refractivity contribution in [2.45, 2.75) is 13.5 Å². The van der Waals surface area contributed by atoms with Gasteiger partial charge in [0, 0.05) is 14.9 Å². The number of aromatic nitrogens is 2. The fraction of sp³-hybridized carbons (Fsp3) is 0.136.